The third-order valence-electron chi connectivity index (χ3n) is 2.36. The summed E-state index contributed by atoms with van der Waals surface area (Å²) in [6.45, 7) is 12.3. The van der Waals surface area contributed by atoms with E-state index in [1.807, 2.05) is 0 Å². The van der Waals surface area contributed by atoms with Crippen molar-refractivity contribution in [1.82, 2.24) is 4.90 Å². The van der Waals surface area contributed by atoms with Crippen LogP contribution in [0.1, 0.15) is 55.4 Å². The van der Waals surface area contributed by atoms with E-state index in [9.17, 15) is 19.0 Å². The van der Waals surface area contributed by atoms with Gasteiger partial charge in [0.2, 0.25) is 0 Å². The van der Waals surface area contributed by atoms with Crippen molar-refractivity contribution >= 4 is 20.0 Å². The molecule has 0 aromatic carbocycles. The van der Waals surface area contributed by atoms with Gasteiger partial charge in [-0.2, -0.15) is 0 Å². The van der Waals surface area contributed by atoms with Gasteiger partial charge in [-0.05, 0) is 55.4 Å². The van der Waals surface area contributed by atoms with Crippen LogP contribution in [0.4, 0.5) is 9.59 Å². The van der Waals surface area contributed by atoms with Crippen LogP contribution in [0.5, 0.6) is 0 Å². The molecule has 10 heteroatoms. The van der Waals surface area contributed by atoms with Crippen LogP contribution < -0.4 is 0 Å². The number of ether oxygens (including phenoxy) is 2. The van der Waals surface area contributed by atoms with Gasteiger partial charge in [0.05, 0.1) is 12.1 Å². The average Bonchev–Trinajstić information content (AvgIpc) is 2.30. The van der Waals surface area contributed by atoms with Crippen molar-refractivity contribution in [3.8, 4) is 0 Å². The zero-order chi connectivity index (χ0) is 20.3. The highest BCUT2D eigenvalue weighted by molar-refractivity contribution is 7.47. The molecule has 148 valence electrons. The maximum atomic E-state index is 12.4. The first-order chi connectivity index (χ1) is 10.9. The molecule has 1 N–H and O–H groups in total. The van der Waals surface area contributed by atoms with E-state index in [0.717, 1.165) is 7.11 Å². The van der Waals surface area contributed by atoms with Gasteiger partial charge >= 0.3 is 20.0 Å². The lowest BCUT2D eigenvalue weighted by Gasteiger charge is -2.34. The summed E-state index contributed by atoms with van der Waals surface area (Å²) in [4.78, 5) is 34.9. The van der Waals surface area contributed by atoms with Crippen LogP contribution in [0.25, 0.3) is 0 Å². The van der Waals surface area contributed by atoms with Crippen molar-refractivity contribution in [2.24, 2.45) is 0 Å². The Morgan fingerprint density at radius 1 is 0.920 bits per heavy atom. The van der Waals surface area contributed by atoms with Crippen molar-refractivity contribution in [1.29, 1.82) is 0 Å². The number of hydrogen-bond acceptors (Lipinski definition) is 7. The van der Waals surface area contributed by atoms with E-state index in [-0.39, 0.29) is 6.54 Å². The number of carbonyl (C=O) groups excluding carboxylic acids is 2. The molecule has 0 aromatic rings. The highest BCUT2D eigenvalue weighted by Crippen LogP contribution is 2.46. The second-order valence-corrected chi connectivity index (χ2v) is 9.53. The molecule has 2 amide bonds. The summed E-state index contributed by atoms with van der Waals surface area (Å²) < 4.78 is 31.4. The van der Waals surface area contributed by atoms with Crippen LogP contribution in [0.2, 0.25) is 0 Å². The van der Waals surface area contributed by atoms with E-state index in [4.69, 9.17) is 14.0 Å². The van der Waals surface area contributed by atoms with Gasteiger partial charge in [0.15, 0.2) is 0 Å². The molecule has 1 unspecified atom stereocenters. The normalized spacial score (nSPS) is 15.3. The zero-order valence-electron chi connectivity index (χ0n) is 16.4. The van der Waals surface area contributed by atoms with Crippen molar-refractivity contribution in [3.63, 3.8) is 0 Å². The van der Waals surface area contributed by atoms with Crippen molar-refractivity contribution < 1.29 is 37.6 Å². The Morgan fingerprint density at radius 2 is 1.28 bits per heavy atom. The number of phosphoric acid groups is 1. The molecule has 0 radical (unpaired) electrons. The Kier molecular flexibility index (Phi) is 7.66. The summed E-state index contributed by atoms with van der Waals surface area (Å²) in [5.41, 5.74) is -3.09. The van der Waals surface area contributed by atoms with Gasteiger partial charge in [-0.1, -0.05) is 0 Å². The van der Waals surface area contributed by atoms with Crippen LogP contribution >= 0.6 is 7.82 Å². The maximum absolute atomic E-state index is 12.4. The first-order valence-corrected chi connectivity index (χ1v) is 9.20. The lowest BCUT2D eigenvalue weighted by atomic mass is 10.1. The predicted molar refractivity (Wildman–Crippen MR) is 91.2 cm³/mol. The fourth-order valence-electron chi connectivity index (χ4n) is 1.60. The van der Waals surface area contributed by atoms with E-state index < -0.39 is 36.8 Å². The van der Waals surface area contributed by atoms with Gasteiger partial charge in [0, 0.05) is 7.11 Å². The predicted octanol–water partition coefficient (Wildman–Crippen LogP) is 3.70. The summed E-state index contributed by atoms with van der Waals surface area (Å²) in [6, 6.07) is 0. The number of phosphoric ester groups is 1. The largest absolute Gasteiger partial charge is 0.472 e. The summed E-state index contributed by atoms with van der Waals surface area (Å²) in [7, 11) is -3.31. The topological polar surface area (TPSA) is 112 Å². The number of rotatable bonds is 5. The molecule has 1 atom stereocenters. The lowest BCUT2D eigenvalue weighted by molar-refractivity contribution is -0.0216. The Morgan fingerprint density at radius 3 is 1.56 bits per heavy atom. The van der Waals surface area contributed by atoms with Crippen molar-refractivity contribution in [2.45, 2.75) is 72.2 Å². The minimum absolute atomic E-state index is 0.384. The molecule has 0 heterocycles. The smallest absolute Gasteiger partial charge is 0.443 e. The first kappa shape index (κ1) is 23.9. The molecule has 0 aromatic heterocycles. The van der Waals surface area contributed by atoms with Crippen LogP contribution in [-0.4, -0.2) is 52.4 Å². The molecule has 0 aliphatic heterocycles. The number of imide groups is 1. The first-order valence-electron chi connectivity index (χ1n) is 7.70. The number of nitrogens with zero attached hydrogens (tertiary/aromatic N) is 1. The molecule has 0 spiro atoms. The third kappa shape index (κ3) is 10.4. The standard InChI is InChI=1S/C15H30NO8P/c1-13(2,3)22-11(17)16(12(18)23-14(4,5)6)10-15(7,8)24-25(19,20)21-9/h10H2,1-9H3,(H,19,20). The summed E-state index contributed by atoms with van der Waals surface area (Å²) in [5, 5.41) is 0. The third-order valence-corrected chi connectivity index (χ3v) is 3.55. The van der Waals surface area contributed by atoms with Gasteiger partial charge in [-0.3, -0.25) is 9.05 Å². The average molecular weight is 383 g/mol. The highest BCUT2D eigenvalue weighted by Gasteiger charge is 2.39. The molecule has 0 fully saturated rings. The summed E-state index contributed by atoms with van der Waals surface area (Å²) in [5.74, 6) is 0. The van der Waals surface area contributed by atoms with Crippen LogP contribution in [0.15, 0.2) is 0 Å². The van der Waals surface area contributed by atoms with Gasteiger partial charge in [-0.25, -0.2) is 19.1 Å². The van der Waals surface area contributed by atoms with E-state index in [1.165, 1.54) is 13.8 Å². The molecule has 9 nitrogen and oxygen atoms in total. The lowest BCUT2D eigenvalue weighted by Crippen LogP contribution is -2.49. The summed E-state index contributed by atoms with van der Waals surface area (Å²) >= 11 is 0. The molecule has 25 heavy (non-hydrogen) atoms. The zero-order valence-corrected chi connectivity index (χ0v) is 17.3. The van der Waals surface area contributed by atoms with Gasteiger partial charge in [0.1, 0.15) is 11.2 Å². The SMILES string of the molecule is COP(=O)(O)OC(C)(C)CN(C(=O)OC(C)(C)C)C(=O)OC(C)(C)C. The quantitative estimate of drug-likeness (QED) is 0.715. The second-order valence-electron chi connectivity index (χ2n) is 8.05. The van der Waals surface area contributed by atoms with E-state index >= 15 is 0 Å². The Labute approximate surface area is 149 Å². The fraction of sp³-hybridized carbons (Fsp3) is 0.867. The van der Waals surface area contributed by atoms with Crippen molar-refractivity contribution in [2.75, 3.05) is 13.7 Å². The van der Waals surface area contributed by atoms with Gasteiger partial charge in [0.25, 0.3) is 0 Å². The molecule has 0 rings (SSSR count). The molecular formula is C15H30NO8P. The van der Waals surface area contributed by atoms with Gasteiger partial charge < -0.3 is 14.4 Å². The molecule has 0 bridgehead atoms. The molecular weight excluding hydrogens is 353 g/mol. The van der Waals surface area contributed by atoms with Crippen LogP contribution in [0.3, 0.4) is 0 Å². The van der Waals surface area contributed by atoms with E-state index in [2.05, 4.69) is 4.52 Å². The second kappa shape index (κ2) is 8.03. The maximum Gasteiger partial charge on any atom is 0.472 e. The Balaban J connectivity index is 5.48. The van der Waals surface area contributed by atoms with Crippen LogP contribution in [-0.2, 0) is 23.1 Å². The van der Waals surface area contributed by atoms with Crippen molar-refractivity contribution in [3.05, 3.63) is 0 Å². The number of amides is 2. The van der Waals surface area contributed by atoms with E-state index in [1.54, 1.807) is 41.5 Å². The fourth-order valence-corrected chi connectivity index (χ4v) is 2.35. The minimum Gasteiger partial charge on any atom is -0.443 e. The molecule has 0 aliphatic rings. The molecule has 0 saturated heterocycles. The number of carbonyl (C=O) groups is 2. The molecule has 0 aliphatic carbocycles. The minimum atomic E-state index is -4.32. The monoisotopic (exact) mass is 383 g/mol. The Hall–Kier alpha value is -1.15. The van der Waals surface area contributed by atoms with Crippen LogP contribution in [0, 0.1) is 0 Å². The van der Waals surface area contributed by atoms with Gasteiger partial charge in [-0.15, -0.1) is 0 Å². The number of hydrogen-bond donors (Lipinski definition) is 1. The molecule has 0 saturated carbocycles. The Bertz CT molecular complexity index is 505. The van der Waals surface area contributed by atoms with E-state index in [0.29, 0.717) is 4.90 Å². The summed E-state index contributed by atoms with van der Waals surface area (Å²) in [6.07, 6.45) is -1.91. The highest BCUT2D eigenvalue weighted by atomic mass is 31.2.